The summed E-state index contributed by atoms with van der Waals surface area (Å²) in [5.74, 6) is 0.974. The Morgan fingerprint density at radius 2 is 2.25 bits per heavy atom. The highest BCUT2D eigenvalue weighted by Crippen LogP contribution is 2.26. The van der Waals surface area contributed by atoms with E-state index in [1.165, 1.54) is 36.5 Å². The first-order valence-corrected chi connectivity index (χ1v) is 5.60. The molecule has 0 bridgehead atoms. The molecular weight excluding hydrogens is 166 g/mol. The first-order chi connectivity index (χ1) is 5.77. The van der Waals surface area contributed by atoms with Crippen molar-refractivity contribution in [2.75, 3.05) is 0 Å². The molecule has 1 aromatic rings. The van der Waals surface area contributed by atoms with Gasteiger partial charge in [-0.1, -0.05) is 17.8 Å². The second-order valence-electron chi connectivity index (χ2n) is 3.80. The van der Waals surface area contributed by atoms with Gasteiger partial charge < -0.3 is 0 Å². The van der Waals surface area contributed by atoms with Crippen LogP contribution in [0.5, 0.6) is 0 Å². The van der Waals surface area contributed by atoms with Crippen LogP contribution in [0.2, 0.25) is 0 Å². The van der Waals surface area contributed by atoms with Gasteiger partial charge in [-0.15, -0.1) is 0 Å². The molecule has 1 aromatic heterocycles. The van der Waals surface area contributed by atoms with Crippen LogP contribution in [-0.4, -0.2) is 0 Å². The van der Waals surface area contributed by atoms with Crippen LogP contribution in [0.4, 0.5) is 0 Å². The average Bonchev–Trinajstić information content (AvgIpc) is 2.25. The van der Waals surface area contributed by atoms with Gasteiger partial charge in [-0.05, 0) is 12.8 Å². The number of aromatic nitrogens is 1. The lowest BCUT2D eigenvalue weighted by molar-refractivity contribution is -0.711. The van der Waals surface area contributed by atoms with Crippen LogP contribution in [0.25, 0.3) is 0 Å². The van der Waals surface area contributed by atoms with Gasteiger partial charge in [0, 0.05) is 19.8 Å². The summed E-state index contributed by atoms with van der Waals surface area (Å²) in [7, 11) is 0. The van der Waals surface area contributed by atoms with E-state index in [4.69, 9.17) is 0 Å². The number of thiazole rings is 1. The smallest absolute Gasteiger partial charge is 0.190 e. The highest BCUT2D eigenvalue weighted by Gasteiger charge is 2.24. The van der Waals surface area contributed by atoms with Crippen LogP contribution in [0, 0.1) is 19.8 Å². The molecule has 0 amide bonds. The fraction of sp³-hybridized carbons (Fsp3) is 0.700. The van der Waals surface area contributed by atoms with Gasteiger partial charge in [0.25, 0.3) is 0 Å². The van der Waals surface area contributed by atoms with Gasteiger partial charge in [0.1, 0.15) is 0 Å². The molecule has 1 aliphatic rings. The van der Waals surface area contributed by atoms with Gasteiger partial charge in [-0.2, -0.15) is 4.57 Å². The Balaban J connectivity index is 2.10. The summed E-state index contributed by atoms with van der Waals surface area (Å²) in [6, 6.07) is 0. The van der Waals surface area contributed by atoms with Crippen LogP contribution in [-0.2, 0) is 6.54 Å². The highest BCUT2D eigenvalue weighted by molar-refractivity contribution is 7.09. The molecule has 0 aliphatic heterocycles. The molecule has 1 aliphatic carbocycles. The van der Waals surface area contributed by atoms with E-state index >= 15 is 0 Å². The lowest BCUT2D eigenvalue weighted by Crippen LogP contribution is -2.42. The van der Waals surface area contributed by atoms with Gasteiger partial charge >= 0.3 is 0 Å². The largest absolute Gasteiger partial charge is 0.234 e. The minimum Gasteiger partial charge on any atom is -0.190 e. The molecule has 0 radical (unpaired) electrons. The first kappa shape index (κ1) is 8.24. The van der Waals surface area contributed by atoms with E-state index in [0.717, 1.165) is 5.92 Å². The molecule has 66 valence electrons. The lowest BCUT2D eigenvalue weighted by atomic mass is 9.85. The summed E-state index contributed by atoms with van der Waals surface area (Å²) in [4.78, 5) is 0. The Morgan fingerprint density at radius 3 is 2.67 bits per heavy atom. The molecule has 0 spiro atoms. The molecule has 0 unspecified atom stereocenters. The molecule has 1 saturated carbocycles. The standard InChI is InChI=1S/C10H16NS/c1-8-7-12-9(2)11(8)6-10-4-3-5-10/h7,10H,3-6H2,1-2H3/q+1. The van der Waals surface area contributed by atoms with Crippen LogP contribution >= 0.6 is 11.3 Å². The van der Waals surface area contributed by atoms with Crippen molar-refractivity contribution in [2.45, 2.75) is 39.7 Å². The van der Waals surface area contributed by atoms with E-state index in [0.29, 0.717) is 0 Å². The maximum Gasteiger partial charge on any atom is 0.234 e. The maximum absolute atomic E-state index is 2.47. The molecular formula is C10H16NS+. The van der Waals surface area contributed by atoms with Crippen LogP contribution in [0.3, 0.4) is 0 Å². The molecule has 0 atom stereocenters. The molecule has 0 saturated heterocycles. The van der Waals surface area contributed by atoms with Crippen molar-refractivity contribution in [3.05, 3.63) is 16.1 Å². The Kier molecular flexibility index (Phi) is 2.18. The van der Waals surface area contributed by atoms with E-state index < -0.39 is 0 Å². The van der Waals surface area contributed by atoms with E-state index in [9.17, 15) is 0 Å². The summed E-state index contributed by atoms with van der Waals surface area (Å²) in [6.07, 6.45) is 4.34. The predicted molar refractivity (Wildman–Crippen MR) is 51.3 cm³/mol. The SMILES string of the molecule is Cc1csc(C)[n+]1CC1CCC1. The van der Waals surface area contributed by atoms with Crippen LogP contribution in [0.15, 0.2) is 5.38 Å². The van der Waals surface area contributed by atoms with Crippen molar-refractivity contribution >= 4 is 11.3 Å². The van der Waals surface area contributed by atoms with Crippen molar-refractivity contribution in [1.29, 1.82) is 0 Å². The molecule has 1 fully saturated rings. The zero-order valence-corrected chi connectivity index (χ0v) is 8.66. The normalized spacial score (nSPS) is 17.8. The van der Waals surface area contributed by atoms with E-state index in [2.05, 4.69) is 23.8 Å². The van der Waals surface area contributed by atoms with Gasteiger partial charge in [0.05, 0.1) is 5.38 Å². The first-order valence-electron chi connectivity index (χ1n) is 4.72. The number of rotatable bonds is 2. The third-order valence-corrected chi connectivity index (χ3v) is 3.89. The van der Waals surface area contributed by atoms with Crippen LogP contribution in [0.1, 0.15) is 30.0 Å². The number of hydrogen-bond donors (Lipinski definition) is 0. The van der Waals surface area contributed by atoms with Crippen molar-refractivity contribution < 1.29 is 4.57 Å². The Morgan fingerprint density at radius 1 is 1.50 bits per heavy atom. The Labute approximate surface area is 78.1 Å². The van der Waals surface area contributed by atoms with Gasteiger partial charge in [-0.3, -0.25) is 0 Å². The fourth-order valence-electron chi connectivity index (χ4n) is 1.75. The maximum atomic E-state index is 2.47. The molecule has 1 nitrogen and oxygen atoms in total. The molecule has 12 heavy (non-hydrogen) atoms. The zero-order chi connectivity index (χ0) is 8.55. The van der Waals surface area contributed by atoms with Crippen molar-refractivity contribution in [2.24, 2.45) is 5.92 Å². The predicted octanol–water partition coefficient (Wildman–Crippen LogP) is 2.45. The third kappa shape index (κ3) is 1.40. The van der Waals surface area contributed by atoms with E-state index in [-0.39, 0.29) is 0 Å². The lowest BCUT2D eigenvalue weighted by Gasteiger charge is -2.22. The van der Waals surface area contributed by atoms with Crippen molar-refractivity contribution in [1.82, 2.24) is 0 Å². The topological polar surface area (TPSA) is 3.88 Å². The average molecular weight is 182 g/mol. The summed E-state index contributed by atoms with van der Waals surface area (Å²) >= 11 is 1.87. The van der Waals surface area contributed by atoms with Gasteiger partial charge in [0.2, 0.25) is 5.01 Å². The molecule has 0 aromatic carbocycles. The van der Waals surface area contributed by atoms with E-state index in [1.54, 1.807) is 0 Å². The summed E-state index contributed by atoms with van der Waals surface area (Å²) < 4.78 is 2.47. The Bertz CT molecular complexity index is 254. The summed E-state index contributed by atoms with van der Waals surface area (Å²) in [6.45, 7) is 5.69. The fourth-order valence-corrected chi connectivity index (χ4v) is 2.57. The number of nitrogens with zero attached hydrogens (tertiary/aromatic N) is 1. The molecule has 0 N–H and O–H groups in total. The number of hydrogen-bond acceptors (Lipinski definition) is 1. The van der Waals surface area contributed by atoms with Crippen molar-refractivity contribution in [3.63, 3.8) is 0 Å². The molecule has 2 rings (SSSR count). The second-order valence-corrected chi connectivity index (χ2v) is 4.87. The van der Waals surface area contributed by atoms with E-state index in [1.807, 2.05) is 11.3 Å². The monoisotopic (exact) mass is 182 g/mol. The second kappa shape index (κ2) is 3.17. The third-order valence-electron chi connectivity index (χ3n) is 2.87. The summed E-state index contributed by atoms with van der Waals surface area (Å²) in [5, 5.41) is 3.72. The zero-order valence-electron chi connectivity index (χ0n) is 7.84. The summed E-state index contributed by atoms with van der Waals surface area (Å²) in [5.41, 5.74) is 1.43. The van der Waals surface area contributed by atoms with Gasteiger partial charge in [0.15, 0.2) is 12.2 Å². The number of aryl methyl sites for hydroxylation is 2. The minimum atomic E-state index is 0.974. The van der Waals surface area contributed by atoms with Gasteiger partial charge in [-0.25, -0.2) is 0 Å². The quantitative estimate of drug-likeness (QED) is 0.619. The highest BCUT2D eigenvalue weighted by atomic mass is 32.1. The molecule has 1 heterocycles. The minimum absolute atomic E-state index is 0.974. The molecule has 2 heteroatoms. The Hall–Kier alpha value is -0.370. The van der Waals surface area contributed by atoms with Crippen LogP contribution < -0.4 is 4.57 Å². The van der Waals surface area contributed by atoms with Crippen molar-refractivity contribution in [3.8, 4) is 0 Å².